The van der Waals surface area contributed by atoms with Gasteiger partial charge in [0.25, 0.3) is 17.1 Å². The van der Waals surface area contributed by atoms with E-state index in [4.69, 9.17) is 14.2 Å². The molecule has 0 radical (unpaired) electrons. The van der Waals surface area contributed by atoms with Crippen LogP contribution in [0.15, 0.2) is 76.1 Å². The zero-order chi connectivity index (χ0) is 26.4. The number of carbonyl (C=O) groups excluding carboxylic acids is 3. The number of rotatable bonds is 9. The number of para-hydroxylation sites is 2. The molecule has 1 aliphatic heterocycles. The fourth-order valence-corrected chi connectivity index (χ4v) is 4.63. The van der Waals surface area contributed by atoms with E-state index in [-0.39, 0.29) is 30.2 Å². The maximum absolute atomic E-state index is 12.9. The Morgan fingerprint density at radius 2 is 1.70 bits per heavy atom. The summed E-state index contributed by atoms with van der Waals surface area (Å²) in [5.74, 6) is 0.561. The Bertz CT molecular complexity index is 1360. The van der Waals surface area contributed by atoms with Gasteiger partial charge in [0.15, 0.2) is 18.1 Å². The number of benzene rings is 3. The number of nitrogens with zero attached hydrogens (tertiary/aromatic N) is 1. The molecule has 8 nitrogen and oxygen atoms in total. The SMILES string of the molecule is COc1ccccc1NC(=O)COc1ccc(/C=C2\SC(=O)N(Cc3ccc(Br)cc3)C2=O)cc1OC. The maximum Gasteiger partial charge on any atom is 0.293 e. The van der Waals surface area contributed by atoms with Crippen molar-refractivity contribution in [1.29, 1.82) is 0 Å². The van der Waals surface area contributed by atoms with Gasteiger partial charge in [-0.1, -0.05) is 46.3 Å². The first-order valence-electron chi connectivity index (χ1n) is 11.1. The predicted octanol–water partition coefficient (Wildman–Crippen LogP) is 5.72. The molecule has 190 valence electrons. The zero-order valence-electron chi connectivity index (χ0n) is 20.0. The number of carbonyl (C=O) groups is 3. The fraction of sp³-hybridized carbons (Fsp3) is 0.148. The topological polar surface area (TPSA) is 94.2 Å². The molecule has 1 fully saturated rings. The largest absolute Gasteiger partial charge is 0.495 e. The lowest BCUT2D eigenvalue weighted by molar-refractivity contribution is -0.123. The molecule has 0 spiro atoms. The highest BCUT2D eigenvalue weighted by molar-refractivity contribution is 9.10. The van der Waals surface area contributed by atoms with Crippen molar-refractivity contribution in [2.24, 2.45) is 0 Å². The van der Waals surface area contributed by atoms with Crippen LogP contribution in [0.5, 0.6) is 17.2 Å². The highest BCUT2D eigenvalue weighted by Gasteiger charge is 2.35. The third kappa shape index (κ3) is 6.52. The number of halogens is 1. The van der Waals surface area contributed by atoms with Gasteiger partial charge in [0.1, 0.15) is 5.75 Å². The molecular weight excluding hydrogens is 560 g/mol. The van der Waals surface area contributed by atoms with Gasteiger partial charge in [0, 0.05) is 4.47 Å². The summed E-state index contributed by atoms with van der Waals surface area (Å²) in [6, 6.07) is 19.6. The van der Waals surface area contributed by atoms with Gasteiger partial charge in [-0.3, -0.25) is 19.3 Å². The lowest BCUT2D eigenvalue weighted by atomic mass is 10.1. The van der Waals surface area contributed by atoms with E-state index >= 15 is 0 Å². The van der Waals surface area contributed by atoms with Crippen molar-refractivity contribution in [3.05, 3.63) is 87.2 Å². The van der Waals surface area contributed by atoms with Crippen molar-refractivity contribution >= 4 is 56.5 Å². The standard InChI is InChI=1S/C27H23BrN2O6S/c1-34-21-6-4-3-5-20(21)29-25(31)16-36-22-12-9-18(13-23(22)35-2)14-24-26(32)30(27(33)37-24)15-17-7-10-19(28)11-8-17/h3-14H,15-16H2,1-2H3,(H,29,31)/b24-14-. The Labute approximate surface area is 226 Å². The molecule has 3 aromatic rings. The van der Waals surface area contributed by atoms with Gasteiger partial charge in [-0.2, -0.15) is 0 Å². The zero-order valence-corrected chi connectivity index (χ0v) is 22.4. The van der Waals surface area contributed by atoms with E-state index in [9.17, 15) is 14.4 Å². The van der Waals surface area contributed by atoms with Crippen LogP contribution in [0.1, 0.15) is 11.1 Å². The first-order chi connectivity index (χ1) is 17.9. The van der Waals surface area contributed by atoms with Gasteiger partial charge in [-0.25, -0.2) is 0 Å². The third-order valence-electron chi connectivity index (χ3n) is 5.35. The van der Waals surface area contributed by atoms with E-state index in [1.165, 1.54) is 19.1 Å². The van der Waals surface area contributed by atoms with Crippen LogP contribution in [0.2, 0.25) is 0 Å². The lowest BCUT2D eigenvalue weighted by Gasteiger charge is -2.13. The van der Waals surface area contributed by atoms with Crippen LogP contribution in [0.25, 0.3) is 6.08 Å². The summed E-state index contributed by atoms with van der Waals surface area (Å²) >= 11 is 4.27. The van der Waals surface area contributed by atoms with Gasteiger partial charge in [-0.05, 0) is 65.4 Å². The van der Waals surface area contributed by atoms with E-state index in [1.807, 2.05) is 24.3 Å². The number of thioether (sulfide) groups is 1. The van der Waals surface area contributed by atoms with Crippen LogP contribution >= 0.6 is 27.7 Å². The van der Waals surface area contributed by atoms with Crippen molar-refractivity contribution in [2.45, 2.75) is 6.54 Å². The second-order valence-electron chi connectivity index (χ2n) is 7.84. The van der Waals surface area contributed by atoms with E-state index in [1.54, 1.807) is 48.5 Å². The van der Waals surface area contributed by atoms with Crippen molar-refractivity contribution in [3.8, 4) is 17.2 Å². The van der Waals surface area contributed by atoms with Gasteiger partial charge in [0.05, 0.1) is 31.4 Å². The van der Waals surface area contributed by atoms with E-state index in [0.29, 0.717) is 33.4 Å². The molecule has 10 heteroatoms. The second-order valence-corrected chi connectivity index (χ2v) is 9.75. The smallest absolute Gasteiger partial charge is 0.293 e. The van der Waals surface area contributed by atoms with Crippen molar-refractivity contribution in [3.63, 3.8) is 0 Å². The highest BCUT2D eigenvalue weighted by atomic mass is 79.9. The van der Waals surface area contributed by atoms with Crippen molar-refractivity contribution in [2.75, 3.05) is 26.1 Å². The number of ether oxygens (including phenoxy) is 3. The Hall–Kier alpha value is -3.76. The average Bonchev–Trinajstić information content (AvgIpc) is 3.16. The lowest BCUT2D eigenvalue weighted by Crippen LogP contribution is -2.27. The van der Waals surface area contributed by atoms with Crippen LogP contribution in [0, 0.1) is 0 Å². The van der Waals surface area contributed by atoms with Gasteiger partial charge >= 0.3 is 0 Å². The minimum absolute atomic E-state index is 0.197. The number of hydrogen-bond donors (Lipinski definition) is 1. The molecule has 0 unspecified atom stereocenters. The molecule has 0 bridgehead atoms. The minimum Gasteiger partial charge on any atom is -0.495 e. The molecule has 1 aliphatic rings. The summed E-state index contributed by atoms with van der Waals surface area (Å²) in [6.07, 6.45) is 1.63. The molecule has 3 amide bonds. The number of amides is 3. The molecule has 1 N–H and O–H groups in total. The average molecular weight is 583 g/mol. The van der Waals surface area contributed by atoms with Gasteiger partial charge in [0.2, 0.25) is 0 Å². The summed E-state index contributed by atoms with van der Waals surface area (Å²) in [5, 5.41) is 2.42. The number of imide groups is 1. The Kier molecular flexibility index (Phi) is 8.52. The highest BCUT2D eigenvalue weighted by Crippen LogP contribution is 2.35. The predicted molar refractivity (Wildman–Crippen MR) is 146 cm³/mol. The molecule has 37 heavy (non-hydrogen) atoms. The van der Waals surface area contributed by atoms with E-state index < -0.39 is 0 Å². The fourth-order valence-electron chi connectivity index (χ4n) is 3.53. The van der Waals surface area contributed by atoms with E-state index in [2.05, 4.69) is 21.2 Å². The maximum atomic E-state index is 12.9. The Balaban J connectivity index is 1.42. The normalized spacial score (nSPS) is 14.1. The first-order valence-corrected chi connectivity index (χ1v) is 12.7. The van der Waals surface area contributed by atoms with Crippen LogP contribution in [-0.2, 0) is 16.1 Å². The molecule has 1 heterocycles. The van der Waals surface area contributed by atoms with Crippen LogP contribution in [0.4, 0.5) is 10.5 Å². The van der Waals surface area contributed by atoms with Crippen molar-refractivity contribution < 1.29 is 28.6 Å². The Morgan fingerprint density at radius 1 is 0.973 bits per heavy atom. The van der Waals surface area contributed by atoms with E-state index in [0.717, 1.165) is 21.8 Å². The summed E-state index contributed by atoms with van der Waals surface area (Å²) in [7, 11) is 3.00. The first kappa shape index (κ1) is 26.3. The quantitative estimate of drug-likeness (QED) is 0.322. The number of nitrogens with one attached hydrogen (secondary N) is 1. The number of hydrogen-bond acceptors (Lipinski definition) is 7. The second kappa shape index (κ2) is 12.0. The number of methoxy groups -OCH3 is 2. The monoisotopic (exact) mass is 582 g/mol. The summed E-state index contributed by atoms with van der Waals surface area (Å²) in [4.78, 5) is 39.3. The number of anilines is 1. The van der Waals surface area contributed by atoms with Gasteiger partial charge < -0.3 is 19.5 Å². The molecule has 3 aromatic carbocycles. The minimum atomic E-state index is -0.366. The van der Waals surface area contributed by atoms with Crippen LogP contribution in [0.3, 0.4) is 0 Å². The third-order valence-corrected chi connectivity index (χ3v) is 6.79. The van der Waals surface area contributed by atoms with Crippen molar-refractivity contribution in [1.82, 2.24) is 4.90 Å². The molecule has 0 aromatic heterocycles. The van der Waals surface area contributed by atoms with Crippen LogP contribution < -0.4 is 19.5 Å². The summed E-state index contributed by atoms with van der Waals surface area (Å²) < 4.78 is 17.2. The summed E-state index contributed by atoms with van der Waals surface area (Å²) in [5.41, 5.74) is 2.04. The molecule has 0 aliphatic carbocycles. The van der Waals surface area contributed by atoms with Crippen LogP contribution in [-0.4, -0.2) is 42.8 Å². The molecular formula is C27H23BrN2O6S. The summed E-state index contributed by atoms with van der Waals surface area (Å²) in [6.45, 7) is -0.0506. The molecule has 1 saturated heterocycles. The molecule has 4 rings (SSSR count). The Morgan fingerprint density at radius 3 is 2.43 bits per heavy atom. The van der Waals surface area contributed by atoms with Gasteiger partial charge in [-0.15, -0.1) is 0 Å². The molecule has 0 saturated carbocycles. The molecule has 0 atom stereocenters.